The van der Waals surface area contributed by atoms with Crippen molar-refractivity contribution in [2.24, 2.45) is 0 Å². The molecule has 0 aliphatic rings. The van der Waals surface area contributed by atoms with Gasteiger partial charge in [0.15, 0.2) is 6.61 Å². The number of anilines is 1. The predicted molar refractivity (Wildman–Crippen MR) is 123 cm³/mol. The number of fused-ring (bicyclic) bond motifs is 1. The summed E-state index contributed by atoms with van der Waals surface area (Å²) in [5.74, 6) is -0.780. The molecule has 166 valence electrons. The van der Waals surface area contributed by atoms with Crippen molar-refractivity contribution >= 4 is 34.2 Å². The molecule has 0 spiro atoms. The van der Waals surface area contributed by atoms with Crippen molar-refractivity contribution in [2.75, 3.05) is 31.2 Å². The Kier molecular flexibility index (Phi) is 7.80. The van der Waals surface area contributed by atoms with Crippen molar-refractivity contribution in [2.45, 2.75) is 13.8 Å². The van der Waals surface area contributed by atoms with Crippen molar-refractivity contribution in [3.8, 4) is 5.75 Å². The lowest BCUT2D eigenvalue weighted by Gasteiger charge is -2.22. The van der Waals surface area contributed by atoms with Crippen LogP contribution in [0.3, 0.4) is 0 Å². The van der Waals surface area contributed by atoms with E-state index in [1.807, 2.05) is 56.3 Å². The van der Waals surface area contributed by atoms with Crippen LogP contribution in [0.2, 0.25) is 0 Å². The van der Waals surface area contributed by atoms with Gasteiger partial charge in [0.1, 0.15) is 12.3 Å². The van der Waals surface area contributed by atoms with Gasteiger partial charge in [-0.3, -0.25) is 14.4 Å². The van der Waals surface area contributed by atoms with Gasteiger partial charge in [0.2, 0.25) is 0 Å². The highest BCUT2D eigenvalue weighted by Crippen LogP contribution is 2.26. The number of esters is 1. The average molecular weight is 434 g/mol. The van der Waals surface area contributed by atoms with Crippen LogP contribution in [0.25, 0.3) is 10.8 Å². The number of ether oxygens (including phenoxy) is 2. The number of carbonyl (C=O) groups is 3. The van der Waals surface area contributed by atoms with Crippen LogP contribution in [0.15, 0.2) is 66.7 Å². The second-order valence-corrected chi connectivity index (χ2v) is 6.94. The van der Waals surface area contributed by atoms with Crippen LogP contribution in [0.1, 0.15) is 24.2 Å². The van der Waals surface area contributed by atoms with E-state index in [0.29, 0.717) is 24.5 Å². The molecule has 0 heterocycles. The quantitative estimate of drug-likeness (QED) is 0.521. The molecular weight excluding hydrogens is 408 g/mol. The minimum Gasteiger partial charge on any atom is -0.494 e. The van der Waals surface area contributed by atoms with Gasteiger partial charge in [0.05, 0.1) is 12.3 Å². The molecule has 3 rings (SSSR count). The molecule has 1 N–H and O–H groups in total. The Morgan fingerprint density at radius 3 is 2.34 bits per heavy atom. The molecule has 0 fully saturated rings. The molecule has 0 unspecified atom stereocenters. The fourth-order valence-corrected chi connectivity index (χ4v) is 3.32. The second-order valence-electron chi connectivity index (χ2n) is 6.94. The summed E-state index contributed by atoms with van der Waals surface area (Å²) in [5, 5.41) is 4.46. The van der Waals surface area contributed by atoms with Crippen LogP contribution in [-0.4, -0.2) is 44.1 Å². The molecule has 0 aliphatic heterocycles. The van der Waals surface area contributed by atoms with Crippen LogP contribution >= 0.6 is 0 Å². The van der Waals surface area contributed by atoms with Gasteiger partial charge in [-0.15, -0.1) is 0 Å². The highest BCUT2D eigenvalue weighted by Gasteiger charge is 2.18. The van der Waals surface area contributed by atoms with E-state index in [1.54, 1.807) is 29.2 Å². The van der Waals surface area contributed by atoms with Gasteiger partial charge in [-0.25, -0.2) is 0 Å². The van der Waals surface area contributed by atoms with Crippen LogP contribution in [0.4, 0.5) is 5.69 Å². The Morgan fingerprint density at radius 2 is 1.62 bits per heavy atom. The summed E-state index contributed by atoms with van der Waals surface area (Å²) in [7, 11) is 0. The van der Waals surface area contributed by atoms with E-state index in [9.17, 15) is 14.4 Å². The first-order valence-corrected chi connectivity index (χ1v) is 10.5. The number of benzene rings is 3. The molecule has 3 aromatic rings. The Hall–Kier alpha value is -3.87. The largest absolute Gasteiger partial charge is 0.494 e. The smallest absolute Gasteiger partial charge is 0.325 e. The van der Waals surface area contributed by atoms with Gasteiger partial charge in [-0.2, -0.15) is 0 Å². The maximum atomic E-state index is 12.7. The van der Waals surface area contributed by atoms with E-state index in [-0.39, 0.29) is 12.5 Å². The lowest BCUT2D eigenvalue weighted by atomic mass is 10.1. The summed E-state index contributed by atoms with van der Waals surface area (Å²) in [5.41, 5.74) is 1.15. The van der Waals surface area contributed by atoms with E-state index >= 15 is 0 Å². The third-order valence-electron chi connectivity index (χ3n) is 4.85. The highest BCUT2D eigenvalue weighted by atomic mass is 16.5. The number of nitrogens with zero attached hydrogens (tertiary/aromatic N) is 1. The summed E-state index contributed by atoms with van der Waals surface area (Å²) >= 11 is 0. The SMILES string of the molecule is CCOc1ccc(C(=O)NCC(=O)OCC(=O)N(CC)c2cccc3ccccc23)cc1. The van der Waals surface area contributed by atoms with Gasteiger partial charge >= 0.3 is 5.97 Å². The molecule has 0 saturated carbocycles. The molecule has 7 nitrogen and oxygen atoms in total. The monoisotopic (exact) mass is 434 g/mol. The highest BCUT2D eigenvalue weighted by molar-refractivity contribution is 6.04. The van der Waals surface area contributed by atoms with E-state index in [0.717, 1.165) is 16.5 Å². The lowest BCUT2D eigenvalue weighted by Crippen LogP contribution is -2.36. The van der Waals surface area contributed by atoms with E-state index in [2.05, 4.69) is 5.32 Å². The molecule has 0 saturated heterocycles. The maximum absolute atomic E-state index is 12.7. The maximum Gasteiger partial charge on any atom is 0.325 e. The third-order valence-corrected chi connectivity index (χ3v) is 4.85. The molecule has 0 aromatic heterocycles. The first-order chi connectivity index (χ1) is 15.5. The number of rotatable bonds is 9. The fraction of sp³-hybridized carbons (Fsp3) is 0.240. The van der Waals surface area contributed by atoms with Crippen molar-refractivity contribution in [3.05, 3.63) is 72.3 Å². The summed E-state index contributed by atoms with van der Waals surface area (Å²) < 4.78 is 10.4. The zero-order chi connectivity index (χ0) is 22.9. The summed E-state index contributed by atoms with van der Waals surface area (Å²) in [6, 6.07) is 20.1. The molecule has 0 bridgehead atoms. The van der Waals surface area contributed by atoms with Crippen LogP contribution in [0, 0.1) is 0 Å². The van der Waals surface area contributed by atoms with Gasteiger partial charge in [-0.05, 0) is 49.6 Å². The molecule has 2 amide bonds. The fourth-order valence-electron chi connectivity index (χ4n) is 3.32. The molecule has 0 aliphatic carbocycles. The Morgan fingerprint density at radius 1 is 0.906 bits per heavy atom. The lowest BCUT2D eigenvalue weighted by molar-refractivity contribution is -0.146. The minimum absolute atomic E-state index is 0.334. The molecule has 7 heteroatoms. The zero-order valence-electron chi connectivity index (χ0n) is 18.2. The number of nitrogens with one attached hydrogen (secondary N) is 1. The molecule has 3 aromatic carbocycles. The van der Waals surface area contributed by atoms with E-state index in [1.165, 1.54) is 0 Å². The number of carbonyl (C=O) groups excluding carboxylic acids is 3. The molecule has 0 radical (unpaired) electrons. The van der Waals surface area contributed by atoms with Crippen LogP contribution < -0.4 is 15.0 Å². The number of amides is 2. The van der Waals surface area contributed by atoms with Gasteiger partial charge in [0.25, 0.3) is 11.8 Å². The van der Waals surface area contributed by atoms with Crippen LogP contribution in [-0.2, 0) is 14.3 Å². The first-order valence-electron chi connectivity index (χ1n) is 10.5. The van der Waals surface area contributed by atoms with E-state index in [4.69, 9.17) is 9.47 Å². The first kappa shape index (κ1) is 22.8. The standard InChI is InChI=1S/C25H26N2O5/c1-3-27(22-11-7-9-18-8-5-6-10-21(18)22)23(28)17-32-24(29)16-26-25(30)19-12-14-20(15-13-19)31-4-2/h5-15H,3-4,16-17H2,1-2H3,(H,26,30). The Balaban J connectivity index is 1.53. The number of likely N-dealkylation sites (N-methyl/N-ethyl adjacent to an activating group) is 1. The third kappa shape index (κ3) is 5.63. The number of hydrogen-bond acceptors (Lipinski definition) is 5. The van der Waals surface area contributed by atoms with Crippen molar-refractivity contribution < 1.29 is 23.9 Å². The van der Waals surface area contributed by atoms with Crippen molar-refractivity contribution in [1.29, 1.82) is 0 Å². The summed E-state index contributed by atoms with van der Waals surface area (Å²) in [6.45, 7) is 3.96. The number of hydrogen-bond donors (Lipinski definition) is 1. The van der Waals surface area contributed by atoms with Crippen LogP contribution in [0.5, 0.6) is 5.75 Å². The molecule has 0 atom stereocenters. The predicted octanol–water partition coefficient (Wildman–Crippen LogP) is 3.56. The van der Waals surface area contributed by atoms with Gasteiger partial charge < -0.3 is 19.7 Å². The zero-order valence-corrected chi connectivity index (χ0v) is 18.2. The molecular formula is C25H26N2O5. The van der Waals surface area contributed by atoms with Crippen molar-refractivity contribution in [3.63, 3.8) is 0 Å². The molecule has 32 heavy (non-hydrogen) atoms. The Labute approximate surface area is 186 Å². The second kappa shape index (κ2) is 10.9. The minimum atomic E-state index is -0.688. The van der Waals surface area contributed by atoms with Gasteiger partial charge in [0, 0.05) is 17.5 Å². The van der Waals surface area contributed by atoms with Gasteiger partial charge in [-0.1, -0.05) is 36.4 Å². The average Bonchev–Trinajstić information content (AvgIpc) is 2.82. The summed E-state index contributed by atoms with van der Waals surface area (Å²) in [4.78, 5) is 38.5. The summed E-state index contributed by atoms with van der Waals surface area (Å²) in [6.07, 6.45) is 0. The normalized spacial score (nSPS) is 10.4. The van der Waals surface area contributed by atoms with E-state index < -0.39 is 18.5 Å². The topological polar surface area (TPSA) is 84.9 Å². The Bertz CT molecular complexity index is 1090. The van der Waals surface area contributed by atoms with Crippen molar-refractivity contribution in [1.82, 2.24) is 5.32 Å².